The molecule has 3 aromatic heterocycles. The van der Waals surface area contributed by atoms with Gasteiger partial charge in [-0.05, 0) is 56.4 Å². The van der Waals surface area contributed by atoms with E-state index in [1.165, 1.54) is 18.2 Å². The maximum atomic E-state index is 13.5. The zero-order valence-electron chi connectivity index (χ0n) is 21.3. The molecule has 1 aliphatic rings. The van der Waals surface area contributed by atoms with Gasteiger partial charge in [-0.3, -0.25) is 9.48 Å². The van der Waals surface area contributed by atoms with E-state index in [1.54, 1.807) is 12.3 Å². The number of hydrogen-bond donors (Lipinski definition) is 2. The van der Waals surface area contributed by atoms with Crippen LogP contribution in [0.4, 0.5) is 11.6 Å². The Morgan fingerprint density at radius 1 is 1.28 bits per heavy atom. The van der Waals surface area contributed by atoms with Crippen molar-refractivity contribution >= 4 is 27.6 Å². The van der Waals surface area contributed by atoms with Gasteiger partial charge in [-0.15, -0.1) is 0 Å². The molecule has 1 fully saturated rings. The molecule has 1 aliphatic heterocycles. The van der Waals surface area contributed by atoms with E-state index in [-0.39, 0.29) is 21.9 Å². The van der Waals surface area contributed by atoms with Gasteiger partial charge < -0.3 is 10.6 Å². The minimum atomic E-state index is -4.25. The van der Waals surface area contributed by atoms with E-state index < -0.39 is 15.9 Å². The first-order valence-electron chi connectivity index (χ1n) is 12.0. The van der Waals surface area contributed by atoms with E-state index in [1.807, 2.05) is 16.9 Å². The van der Waals surface area contributed by atoms with E-state index in [2.05, 4.69) is 59.3 Å². The van der Waals surface area contributed by atoms with Crippen LogP contribution in [0.5, 0.6) is 0 Å². The summed E-state index contributed by atoms with van der Waals surface area (Å²) < 4.78 is 29.9. The molecule has 10 nitrogen and oxygen atoms in total. The van der Waals surface area contributed by atoms with Crippen LogP contribution in [0.3, 0.4) is 0 Å². The summed E-state index contributed by atoms with van der Waals surface area (Å²) in [7, 11) is -4.25. The first-order valence-corrected chi connectivity index (χ1v) is 13.5. The lowest BCUT2D eigenvalue weighted by Crippen LogP contribution is -2.41. The molecule has 3 aromatic rings. The summed E-state index contributed by atoms with van der Waals surface area (Å²) in [4.78, 5) is 24.1. The second kappa shape index (κ2) is 9.53. The molecule has 1 amide bonds. The fraction of sp³-hybridized carbons (Fsp3) is 0.440. The number of sulfonamides is 1. The molecule has 0 bridgehead atoms. The quantitative estimate of drug-likeness (QED) is 0.493. The third kappa shape index (κ3) is 5.35. The van der Waals surface area contributed by atoms with Crippen molar-refractivity contribution in [3.63, 3.8) is 0 Å². The number of nitrogens with one attached hydrogen (secondary N) is 1. The molecule has 3 N–H and O–H groups in total. The maximum Gasteiger partial charge on any atom is 0.281 e. The summed E-state index contributed by atoms with van der Waals surface area (Å²) in [5, 5.41) is 4.28. The van der Waals surface area contributed by atoms with Gasteiger partial charge in [0.05, 0.1) is 11.3 Å². The molecule has 0 aliphatic carbocycles. The molecular weight excluding hydrogens is 478 g/mol. The molecule has 11 heteroatoms. The lowest BCUT2D eigenvalue weighted by molar-refractivity contribution is 0.0981. The molecule has 0 radical (unpaired) electrons. The summed E-state index contributed by atoms with van der Waals surface area (Å²) >= 11 is 0. The third-order valence-corrected chi connectivity index (χ3v) is 7.41. The van der Waals surface area contributed by atoms with Crippen molar-refractivity contribution in [2.45, 2.75) is 58.1 Å². The summed E-state index contributed by atoms with van der Waals surface area (Å²) in [5.74, 6) is 0.497. The minimum Gasteiger partial charge on any atom is -0.384 e. The highest BCUT2D eigenvalue weighted by Gasteiger charge is 2.39. The summed E-state index contributed by atoms with van der Waals surface area (Å²) in [6, 6.07) is 7.74. The highest BCUT2D eigenvalue weighted by molar-refractivity contribution is 7.90. The van der Waals surface area contributed by atoms with Gasteiger partial charge in [-0.2, -0.15) is 13.5 Å². The molecular formula is C25H33N7O3S. The highest BCUT2D eigenvalue weighted by atomic mass is 32.2. The molecule has 192 valence electrons. The molecule has 4 heterocycles. The van der Waals surface area contributed by atoms with Crippen molar-refractivity contribution < 1.29 is 13.2 Å². The predicted molar refractivity (Wildman–Crippen MR) is 139 cm³/mol. The zero-order chi connectivity index (χ0) is 26.3. The van der Waals surface area contributed by atoms with E-state index in [0.29, 0.717) is 35.5 Å². The highest BCUT2D eigenvalue weighted by Crippen LogP contribution is 2.38. The average Bonchev–Trinajstić information content (AvgIpc) is 3.35. The van der Waals surface area contributed by atoms with Crippen LogP contribution in [0, 0.1) is 11.8 Å². The zero-order valence-corrected chi connectivity index (χ0v) is 22.1. The van der Waals surface area contributed by atoms with Crippen molar-refractivity contribution in [2.24, 2.45) is 11.8 Å². The number of amides is 1. The number of anilines is 2. The molecule has 0 aromatic carbocycles. The Balaban J connectivity index is 1.75. The smallest absolute Gasteiger partial charge is 0.281 e. The number of nitrogens with zero attached hydrogens (tertiary/aromatic N) is 5. The molecule has 36 heavy (non-hydrogen) atoms. The maximum absolute atomic E-state index is 13.5. The van der Waals surface area contributed by atoms with Crippen molar-refractivity contribution in [1.29, 1.82) is 0 Å². The van der Waals surface area contributed by atoms with Crippen LogP contribution in [0.2, 0.25) is 0 Å². The third-order valence-electron chi connectivity index (χ3n) is 6.18. The van der Waals surface area contributed by atoms with Crippen molar-refractivity contribution in [3.05, 3.63) is 48.3 Å². The second-order valence-corrected chi connectivity index (χ2v) is 12.1. The first-order chi connectivity index (χ1) is 16.9. The number of carbonyl (C=O) groups excluding carboxylic acids is 1. The number of hydrogen-bond acceptors (Lipinski definition) is 8. The number of nitrogens with two attached hydrogens (primary N) is 1. The summed E-state index contributed by atoms with van der Waals surface area (Å²) in [5.41, 5.74) is 6.82. The topological polar surface area (TPSA) is 136 Å². The molecule has 4 rings (SSSR count). The summed E-state index contributed by atoms with van der Waals surface area (Å²) in [6.45, 7) is 12.0. The van der Waals surface area contributed by atoms with Crippen LogP contribution in [0.15, 0.2) is 47.8 Å². The Labute approximate surface area is 212 Å². The number of carbonyl (C=O) groups is 1. The van der Waals surface area contributed by atoms with Crippen LogP contribution < -0.4 is 15.4 Å². The molecule has 1 unspecified atom stereocenters. The SMILES string of the molecule is CC(C)Cn1ccc(-c2cnc(N3CC(C)CC3(C)C)c(C(=O)NS(=O)(=O)c3cccc(N)n3)c2)n1. The van der Waals surface area contributed by atoms with Gasteiger partial charge in [-0.25, -0.2) is 14.7 Å². The fourth-order valence-corrected chi connectivity index (χ4v) is 5.68. The normalized spacial score (nSPS) is 17.5. The number of rotatable bonds is 7. The van der Waals surface area contributed by atoms with E-state index >= 15 is 0 Å². The van der Waals surface area contributed by atoms with Crippen LogP contribution in [0.25, 0.3) is 11.3 Å². The van der Waals surface area contributed by atoms with Crippen LogP contribution in [-0.4, -0.2) is 46.2 Å². The Bertz CT molecular complexity index is 1380. The second-order valence-electron chi connectivity index (χ2n) is 10.5. The van der Waals surface area contributed by atoms with Crippen LogP contribution in [-0.2, 0) is 16.6 Å². The van der Waals surface area contributed by atoms with Crippen molar-refractivity contribution in [2.75, 3.05) is 17.2 Å². The number of aromatic nitrogens is 4. The Kier molecular flexibility index (Phi) is 6.78. The monoisotopic (exact) mass is 511 g/mol. The lowest BCUT2D eigenvalue weighted by Gasteiger charge is -2.33. The molecule has 0 saturated carbocycles. The lowest BCUT2D eigenvalue weighted by atomic mass is 9.97. The predicted octanol–water partition coefficient (Wildman–Crippen LogP) is 3.32. The van der Waals surface area contributed by atoms with E-state index in [9.17, 15) is 13.2 Å². The Morgan fingerprint density at radius 2 is 2.03 bits per heavy atom. The Hall–Kier alpha value is -3.47. The van der Waals surface area contributed by atoms with Gasteiger partial charge in [0.1, 0.15) is 11.6 Å². The van der Waals surface area contributed by atoms with Crippen molar-refractivity contribution in [3.8, 4) is 11.3 Å². The number of nitrogen functional groups attached to an aromatic ring is 1. The molecule has 1 atom stereocenters. The Morgan fingerprint density at radius 3 is 2.67 bits per heavy atom. The first kappa shape index (κ1) is 25.6. The van der Waals surface area contributed by atoms with Gasteiger partial charge in [0, 0.05) is 36.6 Å². The summed E-state index contributed by atoms with van der Waals surface area (Å²) in [6.07, 6.45) is 4.48. The van der Waals surface area contributed by atoms with E-state index in [0.717, 1.165) is 13.0 Å². The molecule has 0 spiro atoms. The van der Waals surface area contributed by atoms with Gasteiger partial charge in [0.2, 0.25) is 0 Å². The van der Waals surface area contributed by atoms with Gasteiger partial charge in [-0.1, -0.05) is 26.8 Å². The molecule has 1 saturated heterocycles. The van der Waals surface area contributed by atoms with Crippen LogP contribution >= 0.6 is 0 Å². The van der Waals surface area contributed by atoms with Gasteiger partial charge in [0.25, 0.3) is 15.9 Å². The standard InChI is InChI=1S/C25H33N7O3S/c1-16(2)14-31-10-9-20(29-31)18-11-19(23(27-13-18)32-15-17(3)12-25(32,4)5)24(33)30-36(34,35)22-8-6-7-21(26)28-22/h6-11,13,16-17H,12,14-15H2,1-5H3,(H2,26,28)(H,30,33). The largest absolute Gasteiger partial charge is 0.384 e. The van der Waals surface area contributed by atoms with Gasteiger partial charge >= 0.3 is 0 Å². The minimum absolute atomic E-state index is 0.0412. The van der Waals surface area contributed by atoms with Crippen LogP contribution in [0.1, 0.15) is 51.4 Å². The fourth-order valence-electron chi connectivity index (χ4n) is 4.74. The van der Waals surface area contributed by atoms with E-state index in [4.69, 9.17) is 5.73 Å². The number of pyridine rings is 2. The van der Waals surface area contributed by atoms with Gasteiger partial charge in [0.15, 0.2) is 5.03 Å². The van der Waals surface area contributed by atoms with Crippen molar-refractivity contribution in [1.82, 2.24) is 24.5 Å². The average molecular weight is 512 g/mol.